The molecule has 0 spiro atoms. The van der Waals surface area contributed by atoms with E-state index in [1.54, 1.807) is 0 Å². The first-order valence-corrected chi connectivity index (χ1v) is 5.03. The van der Waals surface area contributed by atoms with Gasteiger partial charge in [0.15, 0.2) is 0 Å². The third-order valence-corrected chi connectivity index (χ3v) is 3.04. The van der Waals surface area contributed by atoms with Crippen LogP contribution in [0.5, 0.6) is 0 Å². The highest BCUT2D eigenvalue weighted by Crippen LogP contribution is 2.38. The summed E-state index contributed by atoms with van der Waals surface area (Å²) in [7, 11) is 0. The lowest BCUT2D eigenvalue weighted by Gasteiger charge is -2.24. The van der Waals surface area contributed by atoms with Crippen LogP contribution in [0.25, 0.3) is 0 Å². The highest BCUT2D eigenvalue weighted by atomic mass is 19.1. The van der Waals surface area contributed by atoms with Crippen LogP contribution >= 0.6 is 0 Å². The third-order valence-electron chi connectivity index (χ3n) is 3.04. The number of benzene rings is 1. The molecular formula is C11H11F2NO3. The van der Waals surface area contributed by atoms with E-state index in [1.165, 1.54) is 0 Å². The van der Waals surface area contributed by atoms with E-state index in [-0.39, 0.29) is 30.9 Å². The van der Waals surface area contributed by atoms with Crippen molar-refractivity contribution >= 4 is 11.7 Å². The summed E-state index contributed by atoms with van der Waals surface area (Å²) in [6.07, 6.45) is 0.148. The Morgan fingerprint density at radius 1 is 1.47 bits per heavy atom. The molecule has 6 heteroatoms. The minimum atomic E-state index is -1.45. The molecule has 1 unspecified atom stereocenters. The first-order valence-electron chi connectivity index (χ1n) is 5.03. The molecule has 3 N–H and O–H groups in total. The van der Waals surface area contributed by atoms with Crippen molar-refractivity contribution in [3.05, 3.63) is 29.3 Å². The Bertz CT molecular complexity index is 470. The molecule has 1 heterocycles. The number of carboxylic acids is 1. The minimum absolute atomic E-state index is 0.0556. The van der Waals surface area contributed by atoms with Gasteiger partial charge >= 0.3 is 5.97 Å². The van der Waals surface area contributed by atoms with Crippen molar-refractivity contribution in [2.45, 2.75) is 11.8 Å². The van der Waals surface area contributed by atoms with E-state index in [0.29, 0.717) is 6.07 Å². The van der Waals surface area contributed by atoms with Crippen molar-refractivity contribution in [3.8, 4) is 0 Å². The molecule has 0 amide bonds. The van der Waals surface area contributed by atoms with Crippen LogP contribution < -0.4 is 5.73 Å². The van der Waals surface area contributed by atoms with Crippen LogP contribution in [0, 0.1) is 11.6 Å². The van der Waals surface area contributed by atoms with Crippen molar-refractivity contribution in [2.75, 3.05) is 18.9 Å². The number of rotatable bonds is 2. The van der Waals surface area contributed by atoms with Crippen LogP contribution in [0.1, 0.15) is 12.0 Å². The van der Waals surface area contributed by atoms with Gasteiger partial charge in [0.05, 0.1) is 12.3 Å². The fraction of sp³-hybridized carbons (Fsp3) is 0.364. The monoisotopic (exact) mass is 243 g/mol. The van der Waals surface area contributed by atoms with E-state index in [0.717, 1.165) is 6.07 Å². The molecule has 0 saturated carbocycles. The fourth-order valence-corrected chi connectivity index (χ4v) is 2.04. The van der Waals surface area contributed by atoms with Crippen molar-refractivity contribution in [1.29, 1.82) is 0 Å². The summed E-state index contributed by atoms with van der Waals surface area (Å²) in [6.45, 7) is 0.0965. The van der Waals surface area contributed by atoms with E-state index in [2.05, 4.69) is 0 Å². The summed E-state index contributed by atoms with van der Waals surface area (Å²) in [6, 6.07) is 1.59. The fourth-order valence-electron chi connectivity index (χ4n) is 2.04. The molecule has 0 aliphatic carbocycles. The number of anilines is 1. The van der Waals surface area contributed by atoms with E-state index < -0.39 is 23.0 Å². The summed E-state index contributed by atoms with van der Waals surface area (Å²) in [4.78, 5) is 11.3. The quantitative estimate of drug-likeness (QED) is 0.768. The molecule has 0 radical (unpaired) electrons. The van der Waals surface area contributed by atoms with E-state index in [9.17, 15) is 18.7 Å². The molecule has 0 aromatic heterocycles. The number of halogens is 2. The summed E-state index contributed by atoms with van der Waals surface area (Å²) >= 11 is 0. The third kappa shape index (κ3) is 1.74. The largest absolute Gasteiger partial charge is 0.481 e. The molecule has 92 valence electrons. The number of nitrogen functional groups attached to an aromatic ring is 1. The SMILES string of the molecule is Nc1c(F)cc(F)cc1C1(C(=O)O)CCOC1. The normalized spacial score (nSPS) is 23.9. The predicted molar refractivity (Wildman–Crippen MR) is 55.5 cm³/mol. The van der Waals surface area contributed by atoms with Gasteiger partial charge in [0.2, 0.25) is 0 Å². The van der Waals surface area contributed by atoms with Gasteiger partial charge in [-0.25, -0.2) is 8.78 Å². The van der Waals surface area contributed by atoms with Gasteiger partial charge in [0.1, 0.15) is 17.0 Å². The van der Waals surface area contributed by atoms with Gasteiger partial charge in [-0.2, -0.15) is 0 Å². The Morgan fingerprint density at radius 2 is 2.18 bits per heavy atom. The second kappa shape index (κ2) is 3.96. The van der Waals surface area contributed by atoms with Crippen molar-refractivity contribution in [2.24, 2.45) is 0 Å². The number of hydrogen-bond donors (Lipinski definition) is 2. The molecule has 1 aromatic carbocycles. The Morgan fingerprint density at radius 3 is 2.71 bits per heavy atom. The Labute approximate surface area is 96.0 Å². The molecule has 1 aliphatic heterocycles. The Hall–Kier alpha value is -1.69. The second-order valence-corrected chi connectivity index (χ2v) is 4.04. The van der Waals surface area contributed by atoms with Gasteiger partial charge in [-0.05, 0) is 12.5 Å². The number of nitrogens with two attached hydrogens (primary N) is 1. The van der Waals surface area contributed by atoms with Crippen molar-refractivity contribution in [1.82, 2.24) is 0 Å². The summed E-state index contributed by atoms with van der Waals surface area (Å²) in [5, 5.41) is 9.24. The summed E-state index contributed by atoms with van der Waals surface area (Å²) in [5.74, 6) is -2.99. The zero-order valence-electron chi connectivity index (χ0n) is 8.87. The lowest BCUT2D eigenvalue weighted by Crippen LogP contribution is -2.37. The second-order valence-electron chi connectivity index (χ2n) is 4.04. The molecular weight excluding hydrogens is 232 g/mol. The van der Waals surface area contributed by atoms with Crippen molar-refractivity contribution < 1.29 is 23.4 Å². The highest BCUT2D eigenvalue weighted by molar-refractivity contribution is 5.84. The van der Waals surface area contributed by atoms with Crippen LogP contribution in [-0.2, 0) is 14.9 Å². The molecule has 4 nitrogen and oxygen atoms in total. The molecule has 0 bridgehead atoms. The molecule has 1 fully saturated rings. The van der Waals surface area contributed by atoms with E-state index in [4.69, 9.17) is 10.5 Å². The first-order chi connectivity index (χ1) is 7.97. The standard InChI is InChI=1S/C11H11F2NO3/c12-6-3-7(9(14)8(13)4-6)11(10(15)16)1-2-17-5-11/h3-4H,1-2,5,14H2,(H,15,16). The van der Waals surface area contributed by atoms with Crippen LogP contribution in [0.15, 0.2) is 12.1 Å². The van der Waals surface area contributed by atoms with Crippen LogP contribution in [0.2, 0.25) is 0 Å². The lowest BCUT2D eigenvalue weighted by atomic mass is 9.79. The average Bonchev–Trinajstić information content (AvgIpc) is 2.73. The van der Waals surface area contributed by atoms with Crippen molar-refractivity contribution in [3.63, 3.8) is 0 Å². The minimum Gasteiger partial charge on any atom is -0.481 e. The van der Waals surface area contributed by atoms with Gasteiger partial charge in [0, 0.05) is 18.2 Å². The first kappa shape index (κ1) is 11.8. The summed E-state index contributed by atoms with van der Waals surface area (Å²) < 4.78 is 31.5. The van der Waals surface area contributed by atoms with Crippen LogP contribution in [0.3, 0.4) is 0 Å². The number of ether oxygens (including phenoxy) is 1. The predicted octanol–water partition coefficient (Wildman–Crippen LogP) is 1.29. The maximum Gasteiger partial charge on any atom is 0.316 e. The van der Waals surface area contributed by atoms with Gasteiger partial charge in [-0.1, -0.05) is 0 Å². The van der Waals surface area contributed by atoms with Crippen LogP contribution in [-0.4, -0.2) is 24.3 Å². The zero-order chi connectivity index (χ0) is 12.6. The van der Waals surface area contributed by atoms with Gasteiger partial charge < -0.3 is 15.6 Å². The number of aliphatic carboxylic acids is 1. The molecule has 2 rings (SSSR count). The highest BCUT2D eigenvalue weighted by Gasteiger charge is 2.46. The van der Waals surface area contributed by atoms with Crippen LogP contribution in [0.4, 0.5) is 14.5 Å². The van der Waals surface area contributed by atoms with E-state index >= 15 is 0 Å². The molecule has 17 heavy (non-hydrogen) atoms. The number of carbonyl (C=O) groups is 1. The molecule has 1 saturated heterocycles. The maximum atomic E-state index is 13.3. The van der Waals surface area contributed by atoms with Gasteiger partial charge in [0.25, 0.3) is 0 Å². The zero-order valence-corrected chi connectivity index (χ0v) is 8.87. The average molecular weight is 243 g/mol. The lowest BCUT2D eigenvalue weighted by molar-refractivity contribution is -0.143. The molecule has 1 aliphatic rings. The maximum absolute atomic E-state index is 13.3. The molecule has 1 atom stereocenters. The Balaban J connectivity index is 2.62. The summed E-state index contributed by atoms with van der Waals surface area (Å²) in [5.41, 5.74) is 3.65. The molecule has 1 aromatic rings. The van der Waals surface area contributed by atoms with Gasteiger partial charge in [-0.15, -0.1) is 0 Å². The number of hydrogen-bond acceptors (Lipinski definition) is 3. The number of carboxylic acid groups (broad SMARTS) is 1. The smallest absolute Gasteiger partial charge is 0.316 e. The topological polar surface area (TPSA) is 72.6 Å². The Kier molecular flexibility index (Phi) is 2.74. The van der Waals surface area contributed by atoms with E-state index in [1.807, 2.05) is 0 Å². The van der Waals surface area contributed by atoms with Gasteiger partial charge in [-0.3, -0.25) is 4.79 Å².